The molecule has 0 spiro atoms. The summed E-state index contributed by atoms with van der Waals surface area (Å²) in [5.74, 6) is 0.346. The number of benzene rings is 1. The Morgan fingerprint density at radius 1 is 1.33 bits per heavy atom. The molecule has 1 aliphatic rings. The van der Waals surface area contributed by atoms with Crippen molar-refractivity contribution < 1.29 is 9.32 Å². The summed E-state index contributed by atoms with van der Waals surface area (Å²) in [5, 5.41) is 7.09. The predicted molar refractivity (Wildman–Crippen MR) is 84.6 cm³/mol. The van der Waals surface area contributed by atoms with E-state index in [1.54, 1.807) is 25.1 Å². The monoisotopic (exact) mass is 325 g/mol. The third-order valence-electron chi connectivity index (χ3n) is 3.93. The van der Waals surface area contributed by atoms with E-state index in [4.69, 9.17) is 4.52 Å². The lowest BCUT2D eigenvalue weighted by Gasteiger charge is -2.08. The lowest BCUT2D eigenvalue weighted by atomic mass is 10.2. The van der Waals surface area contributed by atoms with Crippen LogP contribution in [0, 0.1) is 6.92 Å². The number of nitrogens with one attached hydrogen (secondary N) is 1. The van der Waals surface area contributed by atoms with E-state index >= 15 is 0 Å². The number of carbonyl (C=O) groups is 1. The van der Waals surface area contributed by atoms with Crippen molar-refractivity contribution in [1.82, 2.24) is 25.0 Å². The SMILES string of the molecule is Cc1nc2ccccc2c(=O)n1Cc1noc(C(=O)NC2CC2)n1. The first kappa shape index (κ1) is 14.6. The largest absolute Gasteiger partial charge is 0.345 e. The summed E-state index contributed by atoms with van der Waals surface area (Å²) in [6.45, 7) is 1.84. The summed E-state index contributed by atoms with van der Waals surface area (Å²) >= 11 is 0. The van der Waals surface area contributed by atoms with Crippen molar-refractivity contribution in [3.8, 4) is 0 Å². The van der Waals surface area contributed by atoms with Crippen LogP contribution in [0.25, 0.3) is 10.9 Å². The molecule has 1 aromatic carbocycles. The topological polar surface area (TPSA) is 103 Å². The maximum absolute atomic E-state index is 12.6. The number of fused-ring (bicyclic) bond motifs is 1. The lowest BCUT2D eigenvalue weighted by molar-refractivity contribution is 0.0907. The van der Waals surface area contributed by atoms with E-state index in [0.29, 0.717) is 16.7 Å². The molecule has 1 saturated carbocycles. The molecule has 1 N–H and O–H groups in total. The zero-order valence-electron chi connectivity index (χ0n) is 13.0. The fraction of sp³-hybridized carbons (Fsp3) is 0.312. The van der Waals surface area contributed by atoms with E-state index in [-0.39, 0.29) is 35.8 Å². The average molecular weight is 325 g/mol. The molecule has 24 heavy (non-hydrogen) atoms. The highest BCUT2D eigenvalue weighted by molar-refractivity contribution is 5.89. The highest BCUT2D eigenvalue weighted by atomic mass is 16.5. The molecule has 0 unspecified atom stereocenters. The second kappa shape index (κ2) is 5.55. The molecule has 8 nitrogen and oxygen atoms in total. The summed E-state index contributed by atoms with van der Waals surface area (Å²) in [7, 11) is 0. The van der Waals surface area contributed by atoms with Crippen LogP contribution in [0.3, 0.4) is 0 Å². The molecule has 2 heterocycles. The van der Waals surface area contributed by atoms with Gasteiger partial charge in [-0.25, -0.2) is 4.98 Å². The first-order valence-electron chi connectivity index (χ1n) is 7.71. The molecule has 122 valence electrons. The van der Waals surface area contributed by atoms with Crippen molar-refractivity contribution in [3.05, 3.63) is 52.2 Å². The van der Waals surface area contributed by atoms with Gasteiger partial charge in [0.25, 0.3) is 5.56 Å². The van der Waals surface area contributed by atoms with Crippen LogP contribution >= 0.6 is 0 Å². The number of nitrogens with zero attached hydrogens (tertiary/aromatic N) is 4. The van der Waals surface area contributed by atoms with Gasteiger partial charge in [0.15, 0.2) is 5.82 Å². The van der Waals surface area contributed by atoms with Gasteiger partial charge in [-0.05, 0) is 31.9 Å². The number of hydrogen-bond donors (Lipinski definition) is 1. The van der Waals surface area contributed by atoms with Crippen LogP contribution in [0.1, 0.15) is 35.2 Å². The summed E-state index contributed by atoms with van der Waals surface area (Å²) < 4.78 is 6.45. The molecule has 1 fully saturated rings. The van der Waals surface area contributed by atoms with Crippen LogP contribution in [0.4, 0.5) is 0 Å². The van der Waals surface area contributed by atoms with Crippen molar-refractivity contribution in [1.29, 1.82) is 0 Å². The first-order valence-corrected chi connectivity index (χ1v) is 7.71. The molecule has 0 radical (unpaired) electrons. The smallest absolute Gasteiger partial charge is 0.316 e. The van der Waals surface area contributed by atoms with Gasteiger partial charge in [-0.15, -0.1) is 0 Å². The van der Waals surface area contributed by atoms with Crippen LogP contribution in [-0.4, -0.2) is 31.6 Å². The summed E-state index contributed by atoms with van der Waals surface area (Å²) in [6.07, 6.45) is 1.95. The van der Waals surface area contributed by atoms with Crippen LogP contribution in [0.2, 0.25) is 0 Å². The van der Waals surface area contributed by atoms with Crippen molar-refractivity contribution in [3.63, 3.8) is 0 Å². The molecule has 8 heteroatoms. The molecule has 0 bridgehead atoms. The molecule has 3 aromatic rings. The maximum Gasteiger partial charge on any atom is 0.316 e. The average Bonchev–Trinajstić information content (AvgIpc) is 3.26. The molecule has 2 aromatic heterocycles. The third-order valence-corrected chi connectivity index (χ3v) is 3.93. The normalized spacial score (nSPS) is 14.0. The summed E-state index contributed by atoms with van der Waals surface area (Å²) in [5.41, 5.74) is 0.473. The summed E-state index contributed by atoms with van der Waals surface area (Å²) in [4.78, 5) is 33.0. The van der Waals surface area contributed by atoms with E-state index in [0.717, 1.165) is 12.8 Å². The van der Waals surface area contributed by atoms with Gasteiger partial charge in [0.2, 0.25) is 0 Å². The van der Waals surface area contributed by atoms with Crippen molar-refractivity contribution >= 4 is 16.8 Å². The standard InChI is InChI=1S/C16H15N5O3/c1-9-17-12-5-3-2-4-11(12)16(23)21(9)8-13-19-15(24-20-13)14(22)18-10-6-7-10/h2-5,10H,6-8H2,1H3,(H,18,22). The number of amides is 1. The van der Waals surface area contributed by atoms with E-state index in [1.165, 1.54) is 4.57 Å². The Balaban J connectivity index is 1.63. The van der Waals surface area contributed by atoms with Gasteiger partial charge in [-0.2, -0.15) is 4.98 Å². The molecule has 0 atom stereocenters. The van der Waals surface area contributed by atoms with Crippen LogP contribution in [0.5, 0.6) is 0 Å². The van der Waals surface area contributed by atoms with Gasteiger partial charge in [-0.3, -0.25) is 14.2 Å². The number of para-hydroxylation sites is 1. The van der Waals surface area contributed by atoms with Crippen molar-refractivity contribution in [2.24, 2.45) is 0 Å². The number of carbonyl (C=O) groups excluding carboxylic acids is 1. The Morgan fingerprint density at radius 3 is 2.92 bits per heavy atom. The molecular formula is C16H15N5O3. The third kappa shape index (κ3) is 2.66. The Hall–Kier alpha value is -3.03. The van der Waals surface area contributed by atoms with Gasteiger partial charge in [0.05, 0.1) is 17.4 Å². The highest BCUT2D eigenvalue weighted by Gasteiger charge is 2.26. The quantitative estimate of drug-likeness (QED) is 0.768. The maximum atomic E-state index is 12.6. The van der Waals surface area contributed by atoms with Crippen LogP contribution in [-0.2, 0) is 6.54 Å². The number of hydrogen-bond acceptors (Lipinski definition) is 6. The van der Waals surface area contributed by atoms with Crippen molar-refractivity contribution in [2.75, 3.05) is 0 Å². The number of aromatic nitrogens is 4. The van der Waals surface area contributed by atoms with Gasteiger partial charge in [-0.1, -0.05) is 17.3 Å². The minimum absolute atomic E-state index is 0.0867. The molecule has 0 aliphatic heterocycles. The minimum atomic E-state index is -0.378. The van der Waals surface area contributed by atoms with E-state index in [9.17, 15) is 9.59 Å². The summed E-state index contributed by atoms with van der Waals surface area (Å²) in [6, 6.07) is 7.36. The predicted octanol–water partition coefficient (Wildman–Crippen LogP) is 1.03. The van der Waals surface area contributed by atoms with E-state index in [2.05, 4.69) is 20.4 Å². The Kier molecular flexibility index (Phi) is 3.37. The Bertz CT molecular complexity index is 987. The van der Waals surface area contributed by atoms with Gasteiger partial charge >= 0.3 is 11.8 Å². The molecule has 4 rings (SSSR count). The Labute approximate surface area is 136 Å². The molecule has 1 aliphatic carbocycles. The zero-order valence-corrected chi connectivity index (χ0v) is 13.0. The lowest BCUT2D eigenvalue weighted by Crippen LogP contribution is -2.26. The molecule has 1 amide bonds. The minimum Gasteiger partial charge on any atom is -0.345 e. The first-order chi connectivity index (χ1) is 11.6. The Morgan fingerprint density at radius 2 is 2.12 bits per heavy atom. The molecular weight excluding hydrogens is 310 g/mol. The second-order valence-corrected chi connectivity index (χ2v) is 5.83. The van der Waals surface area contributed by atoms with Gasteiger partial charge < -0.3 is 9.84 Å². The van der Waals surface area contributed by atoms with Crippen LogP contribution in [0.15, 0.2) is 33.6 Å². The van der Waals surface area contributed by atoms with E-state index in [1.807, 2.05) is 6.07 Å². The van der Waals surface area contributed by atoms with Gasteiger partial charge in [0, 0.05) is 6.04 Å². The number of aryl methyl sites for hydroxylation is 1. The number of rotatable bonds is 4. The van der Waals surface area contributed by atoms with E-state index < -0.39 is 0 Å². The molecule has 0 saturated heterocycles. The fourth-order valence-corrected chi connectivity index (χ4v) is 2.49. The second-order valence-electron chi connectivity index (χ2n) is 5.83. The van der Waals surface area contributed by atoms with Crippen molar-refractivity contribution in [2.45, 2.75) is 32.4 Å². The fourth-order valence-electron chi connectivity index (χ4n) is 2.49. The van der Waals surface area contributed by atoms with Crippen LogP contribution < -0.4 is 10.9 Å². The van der Waals surface area contributed by atoms with Gasteiger partial charge in [0.1, 0.15) is 5.82 Å². The highest BCUT2D eigenvalue weighted by Crippen LogP contribution is 2.19. The zero-order chi connectivity index (χ0) is 16.7.